The van der Waals surface area contributed by atoms with Gasteiger partial charge in [0.05, 0.1) is 25.4 Å². The predicted octanol–water partition coefficient (Wildman–Crippen LogP) is -7.69. The summed E-state index contributed by atoms with van der Waals surface area (Å²) in [6, 6.07) is 0. The zero-order chi connectivity index (χ0) is 31.9. The number of rotatable bonds is 8. The fourth-order valence-electron chi connectivity index (χ4n) is 5.40. The van der Waals surface area contributed by atoms with Crippen LogP contribution in [-0.4, -0.2) is 197 Å². The van der Waals surface area contributed by atoms with Gasteiger partial charge in [-0.15, -0.1) is 0 Å². The molecule has 0 unspecified atom stereocenters. The molecule has 0 radical (unpaired) electrons. The van der Waals surface area contributed by atoms with Gasteiger partial charge in [0, 0.05) is 0 Å². The van der Waals surface area contributed by atoms with Crippen LogP contribution in [0.4, 0.5) is 0 Å². The zero-order valence-electron chi connectivity index (χ0n) is 23.2. The second-order valence-electron chi connectivity index (χ2n) is 11.1. The van der Waals surface area contributed by atoms with Crippen LogP contribution in [0.3, 0.4) is 0 Å². The fourth-order valence-corrected chi connectivity index (χ4v) is 5.40. The maximum atomic E-state index is 11.2. The summed E-state index contributed by atoms with van der Waals surface area (Å²) < 4.78 is 38.6. The molecule has 4 aliphatic heterocycles. The highest BCUT2D eigenvalue weighted by atomic mass is 16.8. The molecule has 0 aromatic rings. The lowest BCUT2D eigenvalue weighted by Crippen LogP contribution is -2.67. The van der Waals surface area contributed by atoms with E-state index < -0.39 is 136 Å². The van der Waals surface area contributed by atoms with E-state index in [4.69, 9.17) is 33.2 Å². The average Bonchev–Trinajstić information content (AvgIpc) is 2.98. The van der Waals surface area contributed by atoms with Crippen LogP contribution in [-0.2, 0) is 33.2 Å². The van der Waals surface area contributed by atoms with E-state index in [1.54, 1.807) is 0 Å². The van der Waals surface area contributed by atoms with Crippen LogP contribution in [0.5, 0.6) is 0 Å². The van der Waals surface area contributed by atoms with Crippen molar-refractivity contribution in [3.63, 3.8) is 0 Å². The Morgan fingerprint density at radius 3 is 1.37 bits per heavy atom. The summed E-state index contributed by atoms with van der Waals surface area (Å²) in [4.78, 5) is 0. The molecule has 43 heavy (non-hydrogen) atoms. The minimum atomic E-state index is -1.95. The molecule has 0 spiro atoms. The molecular formula is C24H42O19. The molecule has 19 heteroatoms. The second-order valence-corrected chi connectivity index (χ2v) is 11.1. The number of ether oxygens (including phenoxy) is 7. The predicted molar refractivity (Wildman–Crippen MR) is 131 cm³/mol. The van der Waals surface area contributed by atoms with E-state index >= 15 is 0 Å². The minimum Gasteiger partial charge on any atom is -0.394 e. The van der Waals surface area contributed by atoms with Gasteiger partial charge in [-0.3, -0.25) is 0 Å². The Morgan fingerprint density at radius 1 is 0.419 bits per heavy atom. The van der Waals surface area contributed by atoms with Gasteiger partial charge in [-0.05, 0) is 13.8 Å². The standard InChI is InChI=1S/C24H42O19/c1-5-9(27)12(30)15(33)22(37-5)42-19-17(35)18(8(4-26)39-21(19)36)41-24-20(14(32)11(29)7(3-25)40-24)43-23-16(34)13(31)10(28)6(2)38-23/h5-36H,3-4H2,1-2H3/t5-,6-,7+,8+,9-,10-,11+,12+,13+,14-,15+,16+,17-,18+,19+,20+,21+,22-,23-,24-/m0/s1. The van der Waals surface area contributed by atoms with Gasteiger partial charge in [-0.25, -0.2) is 0 Å². The number of aliphatic hydroxyl groups excluding tert-OH is 12. The van der Waals surface area contributed by atoms with Crippen molar-refractivity contribution in [1.82, 2.24) is 0 Å². The third-order valence-corrected chi connectivity index (χ3v) is 8.13. The van der Waals surface area contributed by atoms with Gasteiger partial charge in [-0.2, -0.15) is 0 Å². The van der Waals surface area contributed by atoms with Crippen LogP contribution in [0.25, 0.3) is 0 Å². The lowest BCUT2D eigenvalue weighted by Gasteiger charge is -2.49. The van der Waals surface area contributed by atoms with Crippen LogP contribution in [0.1, 0.15) is 13.8 Å². The molecule has 4 aliphatic rings. The van der Waals surface area contributed by atoms with Gasteiger partial charge in [-0.1, -0.05) is 0 Å². The Bertz CT molecular complexity index is 886. The van der Waals surface area contributed by atoms with Crippen molar-refractivity contribution in [3.05, 3.63) is 0 Å². The van der Waals surface area contributed by atoms with Gasteiger partial charge in [0.15, 0.2) is 25.2 Å². The van der Waals surface area contributed by atoms with Gasteiger partial charge < -0.3 is 94.4 Å². The van der Waals surface area contributed by atoms with Crippen molar-refractivity contribution >= 4 is 0 Å². The van der Waals surface area contributed by atoms with Gasteiger partial charge >= 0.3 is 0 Å². The van der Waals surface area contributed by atoms with Crippen LogP contribution in [0.15, 0.2) is 0 Å². The number of hydrogen-bond donors (Lipinski definition) is 12. The maximum absolute atomic E-state index is 11.2. The summed E-state index contributed by atoms with van der Waals surface area (Å²) in [6.45, 7) is 1.07. The van der Waals surface area contributed by atoms with Gasteiger partial charge in [0.25, 0.3) is 0 Å². The second kappa shape index (κ2) is 14.3. The number of hydrogen-bond acceptors (Lipinski definition) is 19. The SMILES string of the molecule is C[C@@H]1O[C@@H](O[C@@H]2[C@@H](O)[C@H](O[C@@H]3O[C@H](CO)[C@@H](O)[C@H](O)[C@H]3O[C@@H]3O[C@@H](C)[C@H](O)[C@@H](O)[C@H]3O)[C@@H](CO)O[C@H]2O)[C@H](O)[C@H](O)[C@H]1O. The topological polar surface area (TPSA) is 307 Å². The Hall–Kier alpha value is -0.760. The lowest BCUT2D eigenvalue weighted by atomic mass is 9.96. The fraction of sp³-hybridized carbons (Fsp3) is 1.00. The zero-order valence-corrected chi connectivity index (χ0v) is 23.2. The average molecular weight is 635 g/mol. The molecule has 4 fully saturated rings. The normalized spacial score (nSPS) is 54.8. The van der Waals surface area contributed by atoms with Crippen molar-refractivity contribution in [3.8, 4) is 0 Å². The maximum Gasteiger partial charge on any atom is 0.187 e. The van der Waals surface area contributed by atoms with E-state index in [1.165, 1.54) is 13.8 Å². The molecule has 0 aliphatic carbocycles. The van der Waals surface area contributed by atoms with Crippen molar-refractivity contribution < 1.29 is 94.4 Å². The first kappa shape index (κ1) is 35.1. The molecule has 20 atom stereocenters. The van der Waals surface area contributed by atoms with Crippen molar-refractivity contribution in [2.45, 2.75) is 137 Å². The molecule has 252 valence electrons. The molecule has 0 amide bonds. The first-order chi connectivity index (χ1) is 20.2. The summed E-state index contributed by atoms with van der Waals surface area (Å²) in [5.41, 5.74) is 0. The van der Waals surface area contributed by atoms with Crippen LogP contribution < -0.4 is 0 Å². The van der Waals surface area contributed by atoms with Gasteiger partial charge in [0.1, 0.15) is 85.5 Å². The summed E-state index contributed by atoms with van der Waals surface area (Å²) >= 11 is 0. The summed E-state index contributed by atoms with van der Waals surface area (Å²) in [5, 5.41) is 123. The quantitative estimate of drug-likeness (QED) is 0.118. The van der Waals surface area contributed by atoms with Crippen molar-refractivity contribution in [1.29, 1.82) is 0 Å². The largest absolute Gasteiger partial charge is 0.394 e. The summed E-state index contributed by atoms with van der Waals surface area (Å²) in [6.07, 6.45) is -33.0. The molecule has 4 rings (SSSR count). The van der Waals surface area contributed by atoms with E-state index in [2.05, 4.69) is 0 Å². The molecule has 4 saturated heterocycles. The van der Waals surface area contributed by atoms with E-state index in [0.29, 0.717) is 0 Å². The highest BCUT2D eigenvalue weighted by Crippen LogP contribution is 2.34. The monoisotopic (exact) mass is 634 g/mol. The molecule has 0 bridgehead atoms. The molecule has 12 N–H and O–H groups in total. The number of aliphatic hydroxyl groups is 12. The Labute approximate surface area is 244 Å². The summed E-state index contributed by atoms with van der Waals surface area (Å²) in [5.74, 6) is 0. The van der Waals surface area contributed by atoms with Crippen molar-refractivity contribution in [2.24, 2.45) is 0 Å². The van der Waals surface area contributed by atoms with E-state index in [9.17, 15) is 61.3 Å². The summed E-state index contributed by atoms with van der Waals surface area (Å²) in [7, 11) is 0. The van der Waals surface area contributed by atoms with Crippen LogP contribution >= 0.6 is 0 Å². The molecular weight excluding hydrogens is 592 g/mol. The van der Waals surface area contributed by atoms with Crippen LogP contribution in [0, 0.1) is 0 Å². The van der Waals surface area contributed by atoms with E-state index in [1.807, 2.05) is 0 Å². The third-order valence-electron chi connectivity index (χ3n) is 8.13. The molecule has 4 heterocycles. The van der Waals surface area contributed by atoms with Gasteiger partial charge in [0.2, 0.25) is 0 Å². The van der Waals surface area contributed by atoms with E-state index in [0.717, 1.165) is 0 Å². The Balaban J connectivity index is 1.56. The molecule has 19 nitrogen and oxygen atoms in total. The lowest BCUT2D eigenvalue weighted by molar-refractivity contribution is -0.396. The molecule has 0 aromatic carbocycles. The highest BCUT2D eigenvalue weighted by molar-refractivity contribution is 4.97. The smallest absolute Gasteiger partial charge is 0.187 e. The van der Waals surface area contributed by atoms with Crippen LogP contribution in [0.2, 0.25) is 0 Å². The first-order valence-electron chi connectivity index (χ1n) is 13.8. The van der Waals surface area contributed by atoms with E-state index in [-0.39, 0.29) is 0 Å². The minimum absolute atomic E-state index is 0.823. The van der Waals surface area contributed by atoms with Crippen molar-refractivity contribution in [2.75, 3.05) is 13.2 Å². The highest BCUT2D eigenvalue weighted by Gasteiger charge is 2.55. The molecule has 0 aromatic heterocycles. The Morgan fingerprint density at radius 2 is 0.884 bits per heavy atom. The third kappa shape index (κ3) is 7.00. The first-order valence-corrected chi connectivity index (χ1v) is 13.8. The molecule has 0 saturated carbocycles. The Kier molecular flexibility index (Phi) is 11.7.